The van der Waals surface area contributed by atoms with Crippen LogP contribution in [0.5, 0.6) is 5.75 Å². The number of alkyl halides is 1. The predicted octanol–water partition coefficient (Wildman–Crippen LogP) is 5.91. The van der Waals surface area contributed by atoms with Crippen molar-refractivity contribution < 1.29 is 4.74 Å². The Bertz CT molecular complexity index is 707. The number of benzene rings is 3. The topological polar surface area (TPSA) is 9.23 Å². The van der Waals surface area contributed by atoms with Gasteiger partial charge in [0.25, 0.3) is 0 Å². The zero-order chi connectivity index (χ0) is 14.7. The van der Waals surface area contributed by atoms with Crippen LogP contribution in [0, 0.1) is 0 Å². The van der Waals surface area contributed by atoms with Crippen molar-refractivity contribution in [3.8, 4) is 5.75 Å². The Kier molecular flexibility index (Phi) is 4.31. The highest BCUT2D eigenvalue weighted by atomic mass is 35.5. The summed E-state index contributed by atoms with van der Waals surface area (Å²) in [6.45, 7) is 2.93. The second-order valence-corrected chi connectivity index (χ2v) is 5.50. The van der Waals surface area contributed by atoms with E-state index in [4.69, 9.17) is 16.3 Å². The van der Waals surface area contributed by atoms with Crippen LogP contribution in [-0.4, -0.2) is 6.61 Å². The molecule has 0 N–H and O–H groups in total. The molecule has 0 spiro atoms. The fourth-order valence-electron chi connectivity index (χ4n) is 2.80. The van der Waals surface area contributed by atoms with Gasteiger partial charge in [0.1, 0.15) is 5.75 Å². The van der Waals surface area contributed by atoms with Crippen molar-refractivity contribution >= 4 is 33.1 Å². The quantitative estimate of drug-likeness (QED) is 0.323. The molecule has 0 saturated carbocycles. The summed E-state index contributed by atoms with van der Waals surface area (Å²) < 4.78 is 6.13. The van der Waals surface area contributed by atoms with Gasteiger partial charge in [-0.3, -0.25) is 0 Å². The van der Waals surface area contributed by atoms with Crippen LogP contribution >= 0.6 is 11.6 Å². The Hall–Kier alpha value is -1.73. The van der Waals surface area contributed by atoms with E-state index in [2.05, 4.69) is 55.5 Å². The highest BCUT2D eigenvalue weighted by Gasteiger charge is 2.13. The first-order valence-corrected chi connectivity index (χ1v) is 8.01. The van der Waals surface area contributed by atoms with Gasteiger partial charge < -0.3 is 4.74 Å². The van der Waals surface area contributed by atoms with Gasteiger partial charge in [0.05, 0.1) is 6.61 Å². The molecule has 3 rings (SSSR count). The van der Waals surface area contributed by atoms with E-state index in [0.29, 0.717) is 5.88 Å². The summed E-state index contributed by atoms with van der Waals surface area (Å²) in [6, 6.07) is 16.7. The third-order valence-electron chi connectivity index (χ3n) is 3.87. The molecule has 3 aromatic rings. The van der Waals surface area contributed by atoms with Crippen molar-refractivity contribution in [2.45, 2.75) is 25.6 Å². The molecule has 0 amide bonds. The van der Waals surface area contributed by atoms with Crippen molar-refractivity contribution in [2.24, 2.45) is 0 Å². The number of hydrogen-bond acceptors (Lipinski definition) is 1. The third kappa shape index (κ3) is 2.58. The van der Waals surface area contributed by atoms with Gasteiger partial charge in [-0.1, -0.05) is 61.9 Å². The Morgan fingerprint density at radius 1 is 0.857 bits per heavy atom. The van der Waals surface area contributed by atoms with Crippen LogP contribution < -0.4 is 4.74 Å². The van der Waals surface area contributed by atoms with E-state index < -0.39 is 0 Å². The van der Waals surface area contributed by atoms with Crippen LogP contribution in [0.25, 0.3) is 21.5 Å². The summed E-state index contributed by atoms with van der Waals surface area (Å²) in [4.78, 5) is 0. The fraction of sp³-hybridized carbons (Fsp3) is 0.263. The number of unbranched alkanes of at least 4 members (excludes halogenated alkanes) is 1. The molecule has 0 heterocycles. The van der Waals surface area contributed by atoms with Crippen LogP contribution in [0.15, 0.2) is 48.5 Å². The summed E-state index contributed by atoms with van der Waals surface area (Å²) in [6.07, 6.45) is 2.20. The first-order chi connectivity index (χ1) is 10.4. The molecule has 0 saturated heterocycles. The van der Waals surface area contributed by atoms with Crippen LogP contribution in [0.2, 0.25) is 0 Å². The average molecular weight is 299 g/mol. The van der Waals surface area contributed by atoms with E-state index in [-0.39, 0.29) is 0 Å². The van der Waals surface area contributed by atoms with Crippen LogP contribution in [0.1, 0.15) is 25.3 Å². The maximum absolute atomic E-state index is 6.22. The zero-order valence-electron chi connectivity index (χ0n) is 12.2. The van der Waals surface area contributed by atoms with Gasteiger partial charge in [-0.05, 0) is 22.8 Å². The largest absolute Gasteiger partial charge is 0.492 e. The Morgan fingerprint density at radius 2 is 1.38 bits per heavy atom. The van der Waals surface area contributed by atoms with E-state index >= 15 is 0 Å². The molecule has 2 heteroatoms. The highest BCUT2D eigenvalue weighted by Crippen LogP contribution is 2.38. The molecule has 0 aliphatic heterocycles. The van der Waals surface area contributed by atoms with Gasteiger partial charge in [0.2, 0.25) is 0 Å². The molecule has 0 aliphatic rings. The van der Waals surface area contributed by atoms with E-state index in [9.17, 15) is 0 Å². The summed E-state index contributed by atoms with van der Waals surface area (Å²) in [7, 11) is 0. The lowest BCUT2D eigenvalue weighted by Gasteiger charge is -2.16. The monoisotopic (exact) mass is 298 g/mol. The van der Waals surface area contributed by atoms with Crippen molar-refractivity contribution in [1.82, 2.24) is 0 Å². The number of fused-ring (bicyclic) bond motifs is 2. The number of rotatable bonds is 5. The van der Waals surface area contributed by atoms with E-state index in [0.717, 1.165) is 36.0 Å². The van der Waals surface area contributed by atoms with Gasteiger partial charge in [-0.2, -0.15) is 0 Å². The molecule has 0 atom stereocenters. The molecule has 0 unspecified atom stereocenters. The minimum atomic E-state index is 0.510. The van der Waals surface area contributed by atoms with Gasteiger partial charge in [-0.25, -0.2) is 0 Å². The maximum atomic E-state index is 6.22. The number of halogens is 1. The second-order valence-electron chi connectivity index (χ2n) is 5.23. The number of hydrogen-bond donors (Lipinski definition) is 0. The SMILES string of the molecule is CCCCOc1c2ccccc2c(CCl)c2ccccc12. The smallest absolute Gasteiger partial charge is 0.134 e. The molecule has 0 bridgehead atoms. The fourth-order valence-corrected chi connectivity index (χ4v) is 3.08. The average Bonchev–Trinajstić information content (AvgIpc) is 2.54. The van der Waals surface area contributed by atoms with Crippen LogP contribution in [0.3, 0.4) is 0 Å². The van der Waals surface area contributed by atoms with E-state index in [1.54, 1.807) is 0 Å². The third-order valence-corrected chi connectivity index (χ3v) is 4.14. The van der Waals surface area contributed by atoms with Crippen LogP contribution in [0.4, 0.5) is 0 Å². The minimum Gasteiger partial charge on any atom is -0.492 e. The lowest BCUT2D eigenvalue weighted by molar-refractivity contribution is 0.316. The number of ether oxygens (including phenoxy) is 1. The molecule has 3 aromatic carbocycles. The molecular weight excluding hydrogens is 280 g/mol. The summed E-state index contributed by atoms with van der Waals surface area (Å²) in [5.41, 5.74) is 1.19. The first kappa shape index (κ1) is 14.2. The Balaban J connectivity index is 2.30. The van der Waals surface area contributed by atoms with E-state index in [1.807, 2.05) is 0 Å². The van der Waals surface area contributed by atoms with Gasteiger partial charge in [0.15, 0.2) is 0 Å². The molecule has 0 radical (unpaired) electrons. The Morgan fingerprint density at radius 3 is 1.86 bits per heavy atom. The standard InChI is InChI=1S/C19H19ClO/c1-2-3-12-21-19-16-10-6-4-8-14(16)18(13-20)15-9-5-7-11-17(15)19/h4-11H,2-3,12-13H2,1H3. The lowest BCUT2D eigenvalue weighted by atomic mass is 9.96. The Labute approximate surface area is 130 Å². The van der Waals surface area contributed by atoms with Crippen molar-refractivity contribution in [3.63, 3.8) is 0 Å². The van der Waals surface area contributed by atoms with E-state index in [1.165, 1.54) is 16.3 Å². The van der Waals surface area contributed by atoms with Crippen molar-refractivity contribution in [1.29, 1.82) is 0 Å². The molecule has 108 valence electrons. The van der Waals surface area contributed by atoms with Gasteiger partial charge in [-0.15, -0.1) is 11.6 Å². The summed E-state index contributed by atoms with van der Waals surface area (Å²) in [5.74, 6) is 1.50. The van der Waals surface area contributed by atoms with Crippen LogP contribution in [-0.2, 0) is 5.88 Å². The normalized spacial score (nSPS) is 11.1. The molecule has 0 aliphatic carbocycles. The second kappa shape index (κ2) is 6.36. The molecule has 1 nitrogen and oxygen atoms in total. The summed E-state index contributed by atoms with van der Waals surface area (Å²) >= 11 is 6.22. The molecule has 21 heavy (non-hydrogen) atoms. The van der Waals surface area contributed by atoms with Crippen molar-refractivity contribution in [3.05, 3.63) is 54.1 Å². The molecule has 0 fully saturated rings. The van der Waals surface area contributed by atoms with Crippen molar-refractivity contribution in [2.75, 3.05) is 6.61 Å². The lowest BCUT2D eigenvalue weighted by Crippen LogP contribution is -1.99. The van der Waals surface area contributed by atoms with Gasteiger partial charge in [0, 0.05) is 16.7 Å². The maximum Gasteiger partial charge on any atom is 0.134 e. The molecule has 0 aromatic heterocycles. The predicted molar refractivity (Wildman–Crippen MR) is 91.4 cm³/mol. The molecular formula is C19H19ClO. The van der Waals surface area contributed by atoms with Gasteiger partial charge >= 0.3 is 0 Å². The minimum absolute atomic E-state index is 0.510. The highest BCUT2D eigenvalue weighted by molar-refractivity contribution is 6.20. The first-order valence-electron chi connectivity index (χ1n) is 7.48. The zero-order valence-corrected chi connectivity index (χ0v) is 13.0. The summed E-state index contributed by atoms with van der Waals surface area (Å²) in [5, 5.41) is 4.70.